The van der Waals surface area contributed by atoms with Gasteiger partial charge < -0.3 is 18.8 Å². The molecule has 7 heteroatoms. The van der Waals surface area contributed by atoms with E-state index in [2.05, 4.69) is 31.9 Å². The summed E-state index contributed by atoms with van der Waals surface area (Å²) in [5, 5.41) is 0. The Balaban J connectivity index is 1.46. The van der Waals surface area contributed by atoms with Gasteiger partial charge in [-0.2, -0.15) is 0 Å². The lowest BCUT2D eigenvalue weighted by molar-refractivity contribution is 0.122. The SMILES string of the molecule is COc1cccc(CN(Cc2cnc(N3CCOCC3)nc2)Cc2ccco2)c1. The molecule has 3 aromatic rings. The molecular weight excluding hydrogens is 368 g/mol. The summed E-state index contributed by atoms with van der Waals surface area (Å²) >= 11 is 0. The van der Waals surface area contributed by atoms with Gasteiger partial charge in [0.05, 0.1) is 33.1 Å². The minimum Gasteiger partial charge on any atom is -0.497 e. The highest BCUT2D eigenvalue weighted by molar-refractivity contribution is 5.31. The first-order chi connectivity index (χ1) is 14.3. The fourth-order valence-electron chi connectivity index (χ4n) is 3.43. The number of ether oxygens (including phenoxy) is 2. The van der Waals surface area contributed by atoms with E-state index in [-0.39, 0.29) is 0 Å². The van der Waals surface area contributed by atoms with E-state index in [4.69, 9.17) is 13.9 Å². The second-order valence-electron chi connectivity index (χ2n) is 7.07. The van der Waals surface area contributed by atoms with E-state index < -0.39 is 0 Å². The molecule has 0 spiro atoms. The summed E-state index contributed by atoms with van der Waals surface area (Å²) in [6.45, 7) is 5.31. The number of nitrogens with zero attached hydrogens (tertiary/aromatic N) is 4. The van der Waals surface area contributed by atoms with Crippen LogP contribution >= 0.6 is 0 Å². The molecule has 152 valence electrons. The Morgan fingerprint density at radius 2 is 1.79 bits per heavy atom. The van der Waals surface area contributed by atoms with E-state index in [1.807, 2.05) is 36.7 Å². The molecule has 0 amide bonds. The second-order valence-corrected chi connectivity index (χ2v) is 7.07. The highest BCUT2D eigenvalue weighted by atomic mass is 16.5. The largest absolute Gasteiger partial charge is 0.497 e. The molecule has 0 N–H and O–H groups in total. The van der Waals surface area contributed by atoms with Crippen molar-refractivity contribution in [3.8, 4) is 5.75 Å². The Morgan fingerprint density at radius 1 is 1.00 bits per heavy atom. The first-order valence-electron chi connectivity index (χ1n) is 9.81. The minimum absolute atomic E-state index is 0.704. The van der Waals surface area contributed by atoms with Crippen LogP contribution in [0.2, 0.25) is 0 Å². The van der Waals surface area contributed by atoms with Crippen LogP contribution in [0.15, 0.2) is 59.5 Å². The summed E-state index contributed by atoms with van der Waals surface area (Å²) in [6, 6.07) is 12.1. The summed E-state index contributed by atoms with van der Waals surface area (Å²) < 4.78 is 16.3. The molecule has 1 aromatic carbocycles. The lowest BCUT2D eigenvalue weighted by atomic mass is 10.2. The quantitative estimate of drug-likeness (QED) is 0.582. The molecule has 1 fully saturated rings. The van der Waals surface area contributed by atoms with Gasteiger partial charge in [-0.1, -0.05) is 12.1 Å². The van der Waals surface area contributed by atoms with Gasteiger partial charge in [0, 0.05) is 44.1 Å². The molecule has 0 bridgehead atoms. The molecule has 0 radical (unpaired) electrons. The lowest BCUT2D eigenvalue weighted by Gasteiger charge is -2.27. The highest BCUT2D eigenvalue weighted by Gasteiger charge is 2.15. The van der Waals surface area contributed by atoms with Crippen molar-refractivity contribution in [3.63, 3.8) is 0 Å². The molecule has 2 aromatic heterocycles. The monoisotopic (exact) mass is 394 g/mol. The summed E-state index contributed by atoms with van der Waals surface area (Å²) in [5.74, 6) is 2.56. The van der Waals surface area contributed by atoms with Crippen LogP contribution in [0.3, 0.4) is 0 Å². The van der Waals surface area contributed by atoms with Crippen molar-refractivity contribution in [2.24, 2.45) is 0 Å². The van der Waals surface area contributed by atoms with Crippen LogP contribution in [-0.2, 0) is 24.4 Å². The summed E-state index contributed by atoms with van der Waals surface area (Å²) in [5.41, 5.74) is 2.25. The Bertz CT molecular complexity index is 877. The summed E-state index contributed by atoms with van der Waals surface area (Å²) in [7, 11) is 1.69. The van der Waals surface area contributed by atoms with E-state index in [1.165, 1.54) is 5.56 Å². The van der Waals surface area contributed by atoms with E-state index in [0.29, 0.717) is 6.54 Å². The number of furan rings is 1. The smallest absolute Gasteiger partial charge is 0.225 e. The third-order valence-electron chi connectivity index (χ3n) is 4.89. The Labute approximate surface area is 170 Å². The molecule has 7 nitrogen and oxygen atoms in total. The van der Waals surface area contributed by atoms with Crippen molar-refractivity contribution in [3.05, 3.63) is 71.9 Å². The van der Waals surface area contributed by atoms with Gasteiger partial charge >= 0.3 is 0 Å². The number of rotatable bonds is 8. The Kier molecular flexibility index (Phi) is 6.38. The first-order valence-corrected chi connectivity index (χ1v) is 9.81. The molecule has 1 aliphatic heterocycles. The van der Waals surface area contributed by atoms with Crippen molar-refractivity contribution in [2.45, 2.75) is 19.6 Å². The highest BCUT2D eigenvalue weighted by Crippen LogP contribution is 2.18. The third kappa shape index (κ3) is 5.34. The van der Waals surface area contributed by atoms with Gasteiger partial charge in [-0.3, -0.25) is 4.90 Å². The van der Waals surface area contributed by atoms with Crippen molar-refractivity contribution >= 4 is 5.95 Å². The molecule has 0 unspecified atom stereocenters. The Morgan fingerprint density at radius 3 is 2.52 bits per heavy atom. The van der Waals surface area contributed by atoms with Crippen LogP contribution in [0, 0.1) is 0 Å². The van der Waals surface area contributed by atoms with E-state index in [0.717, 1.165) is 62.4 Å². The fourth-order valence-corrected chi connectivity index (χ4v) is 3.43. The summed E-state index contributed by atoms with van der Waals surface area (Å²) in [6.07, 6.45) is 5.54. The van der Waals surface area contributed by atoms with Crippen LogP contribution in [0.5, 0.6) is 5.75 Å². The number of anilines is 1. The van der Waals surface area contributed by atoms with Gasteiger partial charge in [-0.25, -0.2) is 9.97 Å². The molecule has 0 aliphatic carbocycles. The molecule has 3 heterocycles. The number of hydrogen-bond acceptors (Lipinski definition) is 7. The molecule has 29 heavy (non-hydrogen) atoms. The predicted molar refractivity (Wildman–Crippen MR) is 110 cm³/mol. The van der Waals surface area contributed by atoms with Gasteiger partial charge in [0.1, 0.15) is 11.5 Å². The zero-order chi connectivity index (χ0) is 19.9. The minimum atomic E-state index is 0.704. The van der Waals surface area contributed by atoms with Gasteiger partial charge in [-0.05, 0) is 29.8 Å². The van der Waals surface area contributed by atoms with Crippen LogP contribution < -0.4 is 9.64 Å². The van der Waals surface area contributed by atoms with Crippen molar-refractivity contribution in [2.75, 3.05) is 38.3 Å². The predicted octanol–water partition coefficient (Wildman–Crippen LogP) is 3.12. The van der Waals surface area contributed by atoms with Crippen molar-refractivity contribution in [1.82, 2.24) is 14.9 Å². The maximum Gasteiger partial charge on any atom is 0.225 e. The number of benzene rings is 1. The normalized spacial score (nSPS) is 14.3. The standard InChI is InChI=1S/C22H26N4O3/c1-27-20-5-2-4-18(12-20)15-25(17-21-6-3-9-29-21)16-19-13-23-22(24-14-19)26-7-10-28-11-8-26/h2-6,9,12-14H,7-8,10-11,15-17H2,1H3. The maximum atomic E-state index is 5.57. The number of aromatic nitrogens is 2. The first kappa shape index (κ1) is 19.4. The third-order valence-corrected chi connectivity index (χ3v) is 4.89. The van der Waals surface area contributed by atoms with Crippen molar-refractivity contribution in [1.29, 1.82) is 0 Å². The molecule has 4 rings (SSSR count). The van der Waals surface area contributed by atoms with Gasteiger partial charge in [0.2, 0.25) is 5.95 Å². The van der Waals surface area contributed by atoms with Gasteiger partial charge in [-0.15, -0.1) is 0 Å². The second kappa shape index (κ2) is 9.54. The van der Waals surface area contributed by atoms with Gasteiger partial charge in [0.25, 0.3) is 0 Å². The van der Waals surface area contributed by atoms with Crippen LogP contribution in [0.1, 0.15) is 16.9 Å². The summed E-state index contributed by atoms with van der Waals surface area (Å²) in [4.78, 5) is 13.6. The van der Waals surface area contributed by atoms with E-state index in [1.54, 1.807) is 13.4 Å². The van der Waals surface area contributed by atoms with E-state index in [9.17, 15) is 0 Å². The molecule has 1 saturated heterocycles. The Hall–Kier alpha value is -2.90. The number of morpholine rings is 1. The van der Waals surface area contributed by atoms with Gasteiger partial charge in [0.15, 0.2) is 0 Å². The zero-order valence-electron chi connectivity index (χ0n) is 16.7. The lowest BCUT2D eigenvalue weighted by Crippen LogP contribution is -2.37. The van der Waals surface area contributed by atoms with E-state index >= 15 is 0 Å². The van der Waals surface area contributed by atoms with Crippen molar-refractivity contribution < 1.29 is 13.9 Å². The molecule has 1 aliphatic rings. The van der Waals surface area contributed by atoms with Crippen LogP contribution in [0.25, 0.3) is 0 Å². The maximum absolute atomic E-state index is 5.57. The topological polar surface area (TPSA) is 63.9 Å². The molecule has 0 saturated carbocycles. The molecule has 0 atom stereocenters. The number of hydrogen-bond donors (Lipinski definition) is 0. The van der Waals surface area contributed by atoms with Crippen LogP contribution in [-0.4, -0.2) is 48.3 Å². The van der Waals surface area contributed by atoms with Crippen LogP contribution in [0.4, 0.5) is 5.95 Å². The number of methoxy groups -OCH3 is 1. The fraction of sp³-hybridized carbons (Fsp3) is 0.364. The zero-order valence-corrected chi connectivity index (χ0v) is 16.7. The molecular formula is C22H26N4O3. The average Bonchev–Trinajstić information content (AvgIpc) is 3.28. The average molecular weight is 394 g/mol.